The molecule has 0 atom stereocenters. The van der Waals surface area contributed by atoms with Crippen LogP contribution in [0.25, 0.3) is 0 Å². The fourth-order valence-corrected chi connectivity index (χ4v) is 2.03. The number of hydrogen-bond donors (Lipinski definition) is 0. The van der Waals surface area contributed by atoms with Gasteiger partial charge in [-0.1, -0.05) is 25.5 Å². The molecule has 0 bridgehead atoms. The minimum atomic E-state index is -0.647. The van der Waals surface area contributed by atoms with E-state index in [-0.39, 0.29) is 5.56 Å². The fraction of sp³-hybridized carbons (Fsp3) is 0.167. The maximum absolute atomic E-state index is 13.9. The Bertz CT molecular complexity index is 749. The predicted octanol–water partition coefficient (Wildman–Crippen LogP) is 4.24. The minimum absolute atomic E-state index is 0.207. The average molecular weight is 311 g/mol. The van der Waals surface area contributed by atoms with E-state index >= 15 is 0 Å². The monoisotopic (exact) mass is 311 g/mol. The van der Waals surface area contributed by atoms with Crippen molar-refractivity contribution in [2.24, 2.45) is 10.2 Å². The lowest BCUT2D eigenvalue weighted by Gasteiger charge is -2.03. The molecule has 0 aliphatic heterocycles. The van der Waals surface area contributed by atoms with Gasteiger partial charge in [-0.05, 0) is 41.8 Å². The molecule has 2 rings (SSSR count). The molecule has 0 fully saturated rings. The van der Waals surface area contributed by atoms with E-state index in [1.807, 2.05) is 13.0 Å². The van der Waals surface area contributed by atoms with Crippen LogP contribution < -0.4 is 0 Å². The Morgan fingerprint density at radius 1 is 1.04 bits per heavy atom. The number of hydrogen-bond acceptors (Lipinski definition) is 3. The van der Waals surface area contributed by atoms with Gasteiger partial charge in [-0.25, -0.2) is 8.78 Å². The first-order chi connectivity index (χ1) is 11.1. The summed E-state index contributed by atoms with van der Waals surface area (Å²) in [6, 6.07) is 11.4. The van der Waals surface area contributed by atoms with Crippen LogP contribution in [-0.4, -0.2) is 12.4 Å². The van der Waals surface area contributed by atoms with Crippen LogP contribution in [0.5, 0.6) is 0 Å². The molecule has 2 aromatic rings. The Kier molecular flexibility index (Phi) is 5.70. The highest BCUT2D eigenvalue weighted by Gasteiger charge is 2.08. The molecule has 0 aliphatic rings. The molecule has 0 spiro atoms. The lowest BCUT2D eigenvalue weighted by atomic mass is 10.1. The second-order valence-corrected chi connectivity index (χ2v) is 4.95. The molecule has 0 aliphatic carbocycles. The largest absolute Gasteiger partial charge is 0.206 e. The van der Waals surface area contributed by atoms with Crippen LogP contribution in [0.2, 0.25) is 0 Å². The molecule has 2 aromatic carbocycles. The SMILES string of the molecule is CCCc1cc(F)c(C=NN=Cc2ccc(C#N)cc2)c(F)c1. The molecule has 3 nitrogen and oxygen atoms in total. The smallest absolute Gasteiger partial charge is 0.135 e. The van der Waals surface area contributed by atoms with Gasteiger partial charge in [-0.15, -0.1) is 0 Å². The number of nitrogens with zero attached hydrogens (tertiary/aromatic N) is 3. The highest BCUT2D eigenvalue weighted by atomic mass is 19.1. The number of halogens is 2. The Labute approximate surface area is 133 Å². The summed E-state index contributed by atoms with van der Waals surface area (Å²) in [6.45, 7) is 1.95. The Morgan fingerprint density at radius 3 is 2.22 bits per heavy atom. The van der Waals surface area contributed by atoms with Gasteiger partial charge in [0.25, 0.3) is 0 Å². The zero-order valence-corrected chi connectivity index (χ0v) is 12.6. The van der Waals surface area contributed by atoms with Gasteiger partial charge >= 0.3 is 0 Å². The molecule has 23 heavy (non-hydrogen) atoms. The van der Waals surface area contributed by atoms with Crippen molar-refractivity contribution in [3.8, 4) is 6.07 Å². The summed E-state index contributed by atoms with van der Waals surface area (Å²) in [6.07, 6.45) is 3.95. The fourth-order valence-electron chi connectivity index (χ4n) is 2.03. The maximum atomic E-state index is 13.9. The minimum Gasteiger partial charge on any atom is -0.206 e. The highest BCUT2D eigenvalue weighted by Crippen LogP contribution is 2.15. The average Bonchev–Trinajstić information content (AvgIpc) is 2.54. The van der Waals surface area contributed by atoms with Gasteiger partial charge in [0.15, 0.2) is 0 Å². The number of benzene rings is 2. The second kappa shape index (κ2) is 7.95. The van der Waals surface area contributed by atoms with Crippen LogP contribution in [0.1, 0.15) is 35.6 Å². The van der Waals surface area contributed by atoms with Gasteiger partial charge in [-0.3, -0.25) is 0 Å². The van der Waals surface area contributed by atoms with E-state index in [2.05, 4.69) is 10.2 Å². The van der Waals surface area contributed by atoms with Gasteiger partial charge < -0.3 is 0 Å². The van der Waals surface area contributed by atoms with Gasteiger partial charge in [0.05, 0.1) is 29.6 Å². The molecule has 0 heterocycles. The van der Waals surface area contributed by atoms with Gasteiger partial charge in [0.1, 0.15) is 11.6 Å². The molecule has 0 unspecified atom stereocenters. The molecule has 0 radical (unpaired) electrons. The molecule has 0 amide bonds. The lowest BCUT2D eigenvalue weighted by Crippen LogP contribution is -1.97. The third kappa shape index (κ3) is 4.55. The molecule has 0 aromatic heterocycles. The van der Waals surface area contributed by atoms with Crippen LogP contribution in [0.15, 0.2) is 46.6 Å². The van der Waals surface area contributed by atoms with Crippen LogP contribution in [0, 0.1) is 23.0 Å². The van der Waals surface area contributed by atoms with E-state index in [4.69, 9.17) is 5.26 Å². The van der Waals surface area contributed by atoms with E-state index in [1.54, 1.807) is 24.3 Å². The first kappa shape index (κ1) is 16.5. The van der Waals surface area contributed by atoms with Crippen molar-refractivity contribution in [1.82, 2.24) is 0 Å². The van der Waals surface area contributed by atoms with Crippen molar-refractivity contribution in [3.05, 3.63) is 70.3 Å². The van der Waals surface area contributed by atoms with Gasteiger partial charge in [0, 0.05) is 0 Å². The van der Waals surface area contributed by atoms with Crippen LogP contribution in [0.3, 0.4) is 0 Å². The van der Waals surface area contributed by atoms with Gasteiger partial charge in [-0.2, -0.15) is 15.5 Å². The molecule has 5 heteroatoms. The van der Waals surface area contributed by atoms with E-state index in [0.717, 1.165) is 18.2 Å². The normalized spacial score (nSPS) is 11.2. The second-order valence-electron chi connectivity index (χ2n) is 4.95. The van der Waals surface area contributed by atoms with E-state index in [1.165, 1.54) is 18.3 Å². The summed E-state index contributed by atoms with van der Waals surface area (Å²) in [5.41, 5.74) is 1.70. The van der Waals surface area contributed by atoms with E-state index in [9.17, 15) is 8.78 Å². The molecule has 0 saturated carbocycles. The predicted molar refractivity (Wildman–Crippen MR) is 86.7 cm³/mol. The van der Waals surface area contributed by atoms with Crippen molar-refractivity contribution in [2.45, 2.75) is 19.8 Å². The van der Waals surface area contributed by atoms with Crippen LogP contribution in [0.4, 0.5) is 8.78 Å². The van der Waals surface area contributed by atoms with Crippen LogP contribution in [-0.2, 0) is 6.42 Å². The third-order valence-electron chi connectivity index (χ3n) is 3.18. The standard InChI is InChI=1S/C18H15F2N3/c1-2-3-15-8-17(19)16(18(20)9-15)12-23-22-11-14-6-4-13(10-21)5-7-14/h4-9,11-12H,2-3H2,1H3. The highest BCUT2D eigenvalue weighted by molar-refractivity contribution is 5.83. The van der Waals surface area contributed by atoms with Crippen molar-refractivity contribution in [3.63, 3.8) is 0 Å². The number of nitriles is 1. The molecule has 0 saturated heterocycles. The summed E-state index contributed by atoms with van der Waals surface area (Å²) in [4.78, 5) is 0. The van der Waals surface area contributed by atoms with E-state index in [0.29, 0.717) is 17.5 Å². The zero-order valence-electron chi connectivity index (χ0n) is 12.6. The van der Waals surface area contributed by atoms with E-state index < -0.39 is 11.6 Å². The van der Waals surface area contributed by atoms with Crippen molar-refractivity contribution in [2.75, 3.05) is 0 Å². The Balaban J connectivity index is 2.10. The summed E-state index contributed by atoms with van der Waals surface area (Å²) in [5, 5.41) is 16.1. The third-order valence-corrected chi connectivity index (χ3v) is 3.18. The Hall–Kier alpha value is -2.87. The van der Waals surface area contributed by atoms with Gasteiger partial charge in [0.2, 0.25) is 0 Å². The Morgan fingerprint density at radius 2 is 1.65 bits per heavy atom. The topological polar surface area (TPSA) is 48.5 Å². The number of aryl methyl sites for hydroxylation is 1. The van der Waals surface area contributed by atoms with Crippen molar-refractivity contribution < 1.29 is 8.78 Å². The molecular formula is C18H15F2N3. The first-order valence-corrected chi connectivity index (χ1v) is 7.18. The summed E-state index contributed by atoms with van der Waals surface area (Å²) < 4.78 is 27.7. The number of rotatable bonds is 5. The zero-order chi connectivity index (χ0) is 16.7. The molecule has 116 valence electrons. The van der Waals surface area contributed by atoms with Crippen molar-refractivity contribution >= 4 is 12.4 Å². The summed E-state index contributed by atoms with van der Waals surface area (Å²) in [7, 11) is 0. The maximum Gasteiger partial charge on any atom is 0.135 e. The molecule has 0 N–H and O–H groups in total. The summed E-state index contributed by atoms with van der Waals surface area (Å²) >= 11 is 0. The first-order valence-electron chi connectivity index (χ1n) is 7.18. The molecular weight excluding hydrogens is 296 g/mol. The summed E-state index contributed by atoms with van der Waals surface area (Å²) in [5.74, 6) is -1.29. The van der Waals surface area contributed by atoms with Crippen LogP contribution >= 0.6 is 0 Å². The quantitative estimate of drug-likeness (QED) is 0.602. The lowest BCUT2D eigenvalue weighted by molar-refractivity contribution is 0.576. The van der Waals surface area contributed by atoms with Crippen molar-refractivity contribution in [1.29, 1.82) is 5.26 Å².